The molecule has 2 saturated heterocycles. The number of rotatable bonds is 7. The molecule has 1 saturated carbocycles. The van der Waals surface area contributed by atoms with Crippen LogP contribution in [0.4, 0.5) is 0 Å². The minimum atomic E-state index is -0.0538. The summed E-state index contributed by atoms with van der Waals surface area (Å²) in [4.78, 5) is 15.8. The third-order valence-electron chi connectivity index (χ3n) is 8.64. The van der Waals surface area contributed by atoms with E-state index < -0.39 is 0 Å². The van der Waals surface area contributed by atoms with Crippen molar-refractivity contribution in [1.29, 1.82) is 0 Å². The van der Waals surface area contributed by atoms with Crippen LogP contribution in [0, 0.1) is 5.92 Å². The molecule has 0 radical (unpaired) electrons. The summed E-state index contributed by atoms with van der Waals surface area (Å²) in [5.74, 6) is 1.33. The number of ether oxygens (including phenoxy) is 2. The van der Waals surface area contributed by atoms with Gasteiger partial charge in [-0.3, -0.25) is 14.8 Å². The Morgan fingerprint density at radius 3 is 2.49 bits per heavy atom. The number of morpholine rings is 1. The van der Waals surface area contributed by atoms with Crippen LogP contribution in [0.25, 0.3) is 22.2 Å². The van der Waals surface area contributed by atoms with Gasteiger partial charge in [0.2, 0.25) is 0 Å². The van der Waals surface area contributed by atoms with Gasteiger partial charge in [-0.05, 0) is 73.8 Å². The maximum atomic E-state index is 13.3. The summed E-state index contributed by atoms with van der Waals surface area (Å²) in [5.41, 5.74) is 4.53. The van der Waals surface area contributed by atoms with Crippen LogP contribution in [0.1, 0.15) is 47.6 Å². The average molecular weight is 523 g/mol. The Morgan fingerprint density at radius 1 is 1.03 bits per heavy atom. The maximum Gasteiger partial charge on any atom is 0.251 e. The normalized spacial score (nSPS) is 23.9. The first kappa shape index (κ1) is 24.4. The fourth-order valence-corrected chi connectivity index (χ4v) is 6.19. The number of piperidine rings is 1. The average Bonchev–Trinajstić information content (AvgIpc) is 3.71. The molecule has 7 nitrogen and oxygen atoms in total. The van der Waals surface area contributed by atoms with Gasteiger partial charge in [-0.1, -0.05) is 30.3 Å². The van der Waals surface area contributed by atoms with E-state index in [4.69, 9.17) is 9.47 Å². The van der Waals surface area contributed by atoms with Crippen molar-refractivity contribution < 1.29 is 14.3 Å². The summed E-state index contributed by atoms with van der Waals surface area (Å²) in [7, 11) is 2.20. The van der Waals surface area contributed by atoms with Crippen LogP contribution in [0.5, 0.6) is 5.75 Å². The fourth-order valence-electron chi connectivity index (χ4n) is 6.19. The summed E-state index contributed by atoms with van der Waals surface area (Å²) in [5, 5.41) is 11.9. The highest BCUT2D eigenvalue weighted by atomic mass is 16.5. The zero-order chi connectivity index (χ0) is 26.3. The van der Waals surface area contributed by atoms with E-state index in [1.807, 2.05) is 48.5 Å². The Labute approximate surface area is 228 Å². The molecule has 3 aromatic carbocycles. The zero-order valence-corrected chi connectivity index (χ0v) is 22.2. The van der Waals surface area contributed by atoms with Gasteiger partial charge in [-0.25, -0.2) is 0 Å². The van der Waals surface area contributed by atoms with Gasteiger partial charge in [0, 0.05) is 41.4 Å². The van der Waals surface area contributed by atoms with Gasteiger partial charge in [0.15, 0.2) is 0 Å². The molecular formula is C32H34N4O3. The predicted molar refractivity (Wildman–Crippen MR) is 151 cm³/mol. The van der Waals surface area contributed by atoms with Gasteiger partial charge in [0.1, 0.15) is 11.9 Å². The molecule has 2 aliphatic heterocycles. The first-order valence-corrected chi connectivity index (χ1v) is 14.0. The Kier molecular flexibility index (Phi) is 6.33. The van der Waals surface area contributed by atoms with Crippen LogP contribution in [-0.2, 0) is 4.74 Å². The summed E-state index contributed by atoms with van der Waals surface area (Å²) < 4.78 is 12.1. The van der Waals surface area contributed by atoms with Gasteiger partial charge in [0.05, 0.1) is 30.5 Å². The fraction of sp³-hybridized carbons (Fsp3) is 0.375. The van der Waals surface area contributed by atoms with Crippen LogP contribution in [0.15, 0.2) is 72.8 Å². The second kappa shape index (κ2) is 10.1. The highest BCUT2D eigenvalue weighted by molar-refractivity contribution is 6.01. The maximum absolute atomic E-state index is 13.3. The molecule has 3 fully saturated rings. The standard InChI is InChI=1S/C32H34N4O3/c1-36-24-16-27(17-25(36)19-38-18-24)39-26-12-9-22(10-13-26)31-28-15-23(11-14-29(28)34-35-31)32(37)33-30(21-7-8-21)20-5-3-2-4-6-20/h2-6,9-15,21,24-25,27,30H,7-8,16-19H2,1H3,(H,33,37)(H,34,35)/t24-,25+,27-,30?. The molecule has 1 unspecified atom stereocenters. The van der Waals surface area contributed by atoms with Crippen molar-refractivity contribution in [1.82, 2.24) is 20.4 Å². The molecule has 2 bridgehead atoms. The van der Waals surface area contributed by atoms with Crippen LogP contribution >= 0.6 is 0 Å². The number of hydrogen-bond donors (Lipinski definition) is 2. The Morgan fingerprint density at radius 2 is 1.77 bits per heavy atom. The van der Waals surface area contributed by atoms with Crippen molar-refractivity contribution in [2.75, 3.05) is 20.3 Å². The number of fused-ring (bicyclic) bond motifs is 3. The van der Waals surface area contributed by atoms with Crippen molar-refractivity contribution in [3.05, 3.63) is 83.9 Å². The topological polar surface area (TPSA) is 79.5 Å². The number of carbonyl (C=O) groups is 1. The van der Waals surface area contributed by atoms with Gasteiger partial charge in [-0.2, -0.15) is 5.10 Å². The molecule has 1 aromatic heterocycles. The molecule has 200 valence electrons. The quantitative estimate of drug-likeness (QED) is 0.342. The number of H-pyrrole nitrogens is 1. The third kappa shape index (κ3) is 4.92. The molecule has 4 aromatic rings. The van der Waals surface area contributed by atoms with Crippen molar-refractivity contribution in [2.45, 2.75) is 49.9 Å². The highest BCUT2D eigenvalue weighted by Crippen LogP contribution is 2.41. The summed E-state index contributed by atoms with van der Waals surface area (Å²) in [6.07, 6.45) is 4.47. The predicted octanol–water partition coefficient (Wildman–Crippen LogP) is 5.35. The number of carbonyl (C=O) groups excluding carboxylic acids is 1. The van der Waals surface area contributed by atoms with E-state index in [9.17, 15) is 4.79 Å². The lowest BCUT2D eigenvalue weighted by Gasteiger charge is -2.46. The number of aromatic amines is 1. The monoisotopic (exact) mass is 522 g/mol. The highest BCUT2D eigenvalue weighted by Gasteiger charge is 2.38. The number of benzene rings is 3. The Balaban J connectivity index is 1.08. The van der Waals surface area contributed by atoms with E-state index >= 15 is 0 Å². The van der Waals surface area contributed by atoms with Crippen molar-refractivity contribution in [3.63, 3.8) is 0 Å². The zero-order valence-electron chi connectivity index (χ0n) is 22.2. The molecular weight excluding hydrogens is 488 g/mol. The SMILES string of the molecule is CN1[C@@H]2COC[C@H]1C[C@@H](Oc1ccc(-c3n[nH]c4ccc(C(=O)NC(c5ccccc5)C5CC5)cc34)cc1)C2. The number of hydrogen-bond acceptors (Lipinski definition) is 5. The second-order valence-electron chi connectivity index (χ2n) is 11.3. The minimum absolute atomic E-state index is 0.0439. The van der Waals surface area contributed by atoms with Crippen LogP contribution < -0.4 is 10.1 Å². The summed E-state index contributed by atoms with van der Waals surface area (Å²) in [6.45, 7) is 1.57. The van der Waals surface area contributed by atoms with E-state index in [2.05, 4.69) is 51.7 Å². The lowest BCUT2D eigenvalue weighted by Crippen LogP contribution is -2.57. The van der Waals surface area contributed by atoms with Crippen molar-refractivity contribution >= 4 is 16.8 Å². The van der Waals surface area contributed by atoms with E-state index in [-0.39, 0.29) is 18.1 Å². The van der Waals surface area contributed by atoms with Gasteiger partial charge >= 0.3 is 0 Å². The number of aromatic nitrogens is 2. The summed E-state index contributed by atoms with van der Waals surface area (Å²) in [6, 6.07) is 25.1. The second-order valence-corrected chi connectivity index (χ2v) is 11.3. The number of nitrogens with zero attached hydrogens (tertiary/aromatic N) is 2. The molecule has 3 heterocycles. The molecule has 0 spiro atoms. The van der Waals surface area contributed by atoms with Gasteiger partial charge in [-0.15, -0.1) is 0 Å². The Bertz CT molecular complexity index is 1450. The smallest absolute Gasteiger partial charge is 0.251 e. The van der Waals surface area contributed by atoms with E-state index in [1.165, 1.54) is 0 Å². The summed E-state index contributed by atoms with van der Waals surface area (Å²) >= 11 is 0. The van der Waals surface area contributed by atoms with Crippen LogP contribution in [0.3, 0.4) is 0 Å². The molecule has 1 amide bonds. The van der Waals surface area contributed by atoms with Crippen molar-refractivity contribution in [3.8, 4) is 17.0 Å². The van der Waals surface area contributed by atoms with Crippen LogP contribution in [0.2, 0.25) is 0 Å². The molecule has 2 N–H and O–H groups in total. The third-order valence-corrected chi connectivity index (χ3v) is 8.64. The van der Waals surface area contributed by atoms with Crippen LogP contribution in [-0.4, -0.2) is 59.5 Å². The molecule has 3 aliphatic rings. The van der Waals surface area contributed by atoms with E-state index in [1.54, 1.807) is 0 Å². The Hall–Kier alpha value is -3.68. The largest absolute Gasteiger partial charge is 0.490 e. The first-order valence-electron chi connectivity index (χ1n) is 14.0. The lowest BCUT2D eigenvalue weighted by molar-refractivity contribution is -0.0879. The van der Waals surface area contributed by atoms with E-state index in [0.29, 0.717) is 23.6 Å². The van der Waals surface area contributed by atoms with Gasteiger partial charge in [0.25, 0.3) is 5.91 Å². The van der Waals surface area contributed by atoms with Gasteiger partial charge < -0.3 is 14.8 Å². The minimum Gasteiger partial charge on any atom is -0.490 e. The molecule has 7 rings (SSSR count). The molecule has 1 aliphatic carbocycles. The molecule has 7 heteroatoms. The van der Waals surface area contributed by atoms with Crippen molar-refractivity contribution in [2.24, 2.45) is 5.92 Å². The van der Waals surface area contributed by atoms with E-state index in [0.717, 1.165) is 72.4 Å². The number of amides is 1. The first-order chi connectivity index (χ1) is 19.1. The molecule has 4 atom stereocenters. The molecule has 39 heavy (non-hydrogen) atoms. The number of likely N-dealkylation sites (N-methyl/N-ethyl adjacent to an activating group) is 1. The number of nitrogens with one attached hydrogen (secondary N) is 2. The lowest BCUT2D eigenvalue weighted by atomic mass is 9.92.